The topological polar surface area (TPSA) is 83.3 Å². The summed E-state index contributed by atoms with van der Waals surface area (Å²) in [6.07, 6.45) is 2.45. The lowest BCUT2D eigenvalue weighted by molar-refractivity contribution is 0.0268. The highest BCUT2D eigenvalue weighted by Crippen LogP contribution is 2.23. The van der Waals surface area contributed by atoms with Gasteiger partial charge in [-0.1, -0.05) is 0 Å². The maximum Gasteiger partial charge on any atom is 0.152 e. The number of furan rings is 1. The first-order chi connectivity index (χ1) is 9.66. The van der Waals surface area contributed by atoms with E-state index in [0.717, 1.165) is 22.8 Å². The van der Waals surface area contributed by atoms with Gasteiger partial charge in [-0.3, -0.25) is 5.10 Å². The molecule has 2 aromatic heterocycles. The lowest BCUT2D eigenvalue weighted by Crippen LogP contribution is -2.40. The number of rotatable bonds is 5. The van der Waals surface area contributed by atoms with Crippen molar-refractivity contribution in [3.8, 4) is 11.5 Å². The zero-order chi connectivity index (χ0) is 14.0. The van der Waals surface area contributed by atoms with Crippen LogP contribution in [0.5, 0.6) is 0 Å². The Hall–Kier alpha value is -1.63. The minimum atomic E-state index is -0.745. The van der Waals surface area contributed by atoms with E-state index < -0.39 is 5.60 Å². The van der Waals surface area contributed by atoms with Crippen LogP contribution in [0.25, 0.3) is 11.5 Å². The number of aromatic nitrogens is 2. The number of nitrogens with one attached hydrogen (secondary N) is 2. The molecule has 6 heteroatoms. The number of aliphatic hydroxyl groups is 1. The summed E-state index contributed by atoms with van der Waals surface area (Å²) in [7, 11) is 0. The molecular weight excluding hydrogens is 258 g/mol. The van der Waals surface area contributed by atoms with Gasteiger partial charge in [-0.25, -0.2) is 0 Å². The van der Waals surface area contributed by atoms with Crippen LogP contribution in [0.3, 0.4) is 0 Å². The summed E-state index contributed by atoms with van der Waals surface area (Å²) in [5, 5.41) is 20.5. The van der Waals surface area contributed by atoms with Crippen LogP contribution in [-0.2, 0) is 11.3 Å². The first kappa shape index (κ1) is 13.4. The highest BCUT2D eigenvalue weighted by atomic mass is 16.5. The summed E-state index contributed by atoms with van der Waals surface area (Å²) in [6.45, 7) is 4.06. The Bertz CT molecular complexity index is 570. The number of hydrogen-bond donors (Lipinski definition) is 3. The van der Waals surface area contributed by atoms with Crippen LogP contribution in [0.15, 0.2) is 22.7 Å². The van der Waals surface area contributed by atoms with Gasteiger partial charge in [0.2, 0.25) is 0 Å². The van der Waals surface area contributed by atoms with Crippen LogP contribution in [-0.4, -0.2) is 40.7 Å². The average molecular weight is 277 g/mol. The third-order valence-corrected chi connectivity index (χ3v) is 3.56. The molecule has 3 heterocycles. The van der Waals surface area contributed by atoms with Gasteiger partial charge < -0.3 is 19.6 Å². The van der Waals surface area contributed by atoms with Gasteiger partial charge in [-0.05, 0) is 19.1 Å². The molecule has 0 unspecified atom stereocenters. The number of hydrogen-bond acceptors (Lipinski definition) is 5. The molecule has 2 aromatic rings. The molecule has 0 spiro atoms. The highest BCUT2D eigenvalue weighted by molar-refractivity contribution is 5.56. The molecule has 1 saturated heterocycles. The normalized spacial score (nSPS) is 22.5. The van der Waals surface area contributed by atoms with Crippen molar-refractivity contribution < 1.29 is 14.3 Å². The Kier molecular flexibility index (Phi) is 3.60. The van der Waals surface area contributed by atoms with Crippen molar-refractivity contribution in [2.24, 2.45) is 0 Å². The van der Waals surface area contributed by atoms with E-state index in [2.05, 4.69) is 15.5 Å². The van der Waals surface area contributed by atoms with E-state index in [4.69, 9.17) is 9.15 Å². The second kappa shape index (κ2) is 5.40. The summed E-state index contributed by atoms with van der Waals surface area (Å²) in [5.41, 5.74) is 1.15. The van der Waals surface area contributed by atoms with Gasteiger partial charge in [-0.2, -0.15) is 5.10 Å². The SMILES string of the molecule is Cc1ccc(-c2[nH]ncc2CNC[C@@]2(O)CCOC2)o1. The number of H-pyrrole nitrogens is 1. The minimum Gasteiger partial charge on any atom is -0.460 e. The van der Waals surface area contributed by atoms with E-state index in [-0.39, 0.29) is 0 Å². The van der Waals surface area contributed by atoms with Gasteiger partial charge in [0, 0.05) is 31.7 Å². The molecule has 1 aliphatic heterocycles. The lowest BCUT2D eigenvalue weighted by Gasteiger charge is -2.20. The molecule has 3 rings (SSSR count). The van der Waals surface area contributed by atoms with Crippen LogP contribution >= 0.6 is 0 Å². The maximum atomic E-state index is 10.2. The Labute approximate surface area is 117 Å². The summed E-state index contributed by atoms with van der Waals surface area (Å²) in [6, 6.07) is 3.84. The van der Waals surface area contributed by atoms with Crippen molar-refractivity contribution in [2.45, 2.75) is 25.5 Å². The molecule has 0 radical (unpaired) electrons. The number of aryl methyl sites for hydroxylation is 1. The summed E-state index contributed by atoms with van der Waals surface area (Å²) >= 11 is 0. The predicted molar refractivity (Wildman–Crippen MR) is 73.1 cm³/mol. The van der Waals surface area contributed by atoms with Crippen molar-refractivity contribution in [2.75, 3.05) is 19.8 Å². The second-order valence-corrected chi connectivity index (χ2v) is 5.31. The van der Waals surface area contributed by atoms with E-state index in [1.165, 1.54) is 0 Å². The zero-order valence-corrected chi connectivity index (χ0v) is 11.5. The first-order valence-corrected chi connectivity index (χ1v) is 6.76. The maximum absolute atomic E-state index is 10.2. The number of aromatic amines is 1. The molecule has 0 aliphatic carbocycles. The van der Waals surface area contributed by atoms with Crippen LogP contribution in [0, 0.1) is 6.92 Å². The molecular formula is C14H19N3O3. The third kappa shape index (κ3) is 2.77. The molecule has 1 aliphatic rings. The van der Waals surface area contributed by atoms with E-state index in [0.29, 0.717) is 32.7 Å². The Morgan fingerprint density at radius 1 is 1.50 bits per heavy atom. The van der Waals surface area contributed by atoms with Crippen molar-refractivity contribution in [3.63, 3.8) is 0 Å². The van der Waals surface area contributed by atoms with E-state index in [1.54, 1.807) is 6.20 Å². The molecule has 0 amide bonds. The first-order valence-electron chi connectivity index (χ1n) is 6.76. The smallest absolute Gasteiger partial charge is 0.152 e. The van der Waals surface area contributed by atoms with Crippen LogP contribution in [0.4, 0.5) is 0 Å². The quantitative estimate of drug-likeness (QED) is 0.765. The van der Waals surface area contributed by atoms with E-state index >= 15 is 0 Å². The number of ether oxygens (including phenoxy) is 1. The minimum absolute atomic E-state index is 0.398. The van der Waals surface area contributed by atoms with Crippen molar-refractivity contribution >= 4 is 0 Å². The second-order valence-electron chi connectivity index (χ2n) is 5.31. The molecule has 0 saturated carbocycles. The van der Waals surface area contributed by atoms with E-state index in [1.807, 2.05) is 19.1 Å². The lowest BCUT2D eigenvalue weighted by atomic mass is 10.0. The molecule has 108 valence electrons. The van der Waals surface area contributed by atoms with Crippen LogP contribution < -0.4 is 5.32 Å². The Morgan fingerprint density at radius 2 is 2.40 bits per heavy atom. The highest BCUT2D eigenvalue weighted by Gasteiger charge is 2.31. The fraction of sp³-hybridized carbons (Fsp3) is 0.500. The third-order valence-electron chi connectivity index (χ3n) is 3.56. The van der Waals surface area contributed by atoms with Gasteiger partial charge in [0.25, 0.3) is 0 Å². The summed E-state index contributed by atoms with van der Waals surface area (Å²) < 4.78 is 10.8. The van der Waals surface area contributed by atoms with Gasteiger partial charge in [0.05, 0.1) is 12.8 Å². The largest absolute Gasteiger partial charge is 0.460 e. The fourth-order valence-electron chi connectivity index (χ4n) is 2.39. The van der Waals surface area contributed by atoms with Gasteiger partial charge >= 0.3 is 0 Å². The van der Waals surface area contributed by atoms with Crippen LogP contribution in [0.1, 0.15) is 17.7 Å². The van der Waals surface area contributed by atoms with Crippen molar-refractivity contribution in [1.82, 2.24) is 15.5 Å². The molecule has 1 fully saturated rings. The van der Waals surface area contributed by atoms with Crippen molar-refractivity contribution in [3.05, 3.63) is 29.7 Å². The zero-order valence-electron chi connectivity index (χ0n) is 11.5. The van der Waals surface area contributed by atoms with Crippen molar-refractivity contribution in [1.29, 1.82) is 0 Å². The fourth-order valence-corrected chi connectivity index (χ4v) is 2.39. The van der Waals surface area contributed by atoms with Gasteiger partial charge in [0.1, 0.15) is 17.1 Å². The molecule has 3 N–H and O–H groups in total. The Morgan fingerprint density at radius 3 is 3.10 bits per heavy atom. The summed E-state index contributed by atoms with van der Waals surface area (Å²) in [5.74, 6) is 1.64. The molecule has 0 aromatic carbocycles. The van der Waals surface area contributed by atoms with E-state index in [9.17, 15) is 5.11 Å². The van der Waals surface area contributed by atoms with Gasteiger partial charge in [0.15, 0.2) is 5.76 Å². The van der Waals surface area contributed by atoms with Crippen LogP contribution in [0.2, 0.25) is 0 Å². The average Bonchev–Trinajstić information content (AvgIpc) is 3.11. The predicted octanol–water partition coefficient (Wildman–Crippen LogP) is 1.22. The monoisotopic (exact) mass is 277 g/mol. The van der Waals surface area contributed by atoms with Gasteiger partial charge in [-0.15, -0.1) is 0 Å². The Balaban J connectivity index is 1.62. The summed E-state index contributed by atoms with van der Waals surface area (Å²) in [4.78, 5) is 0. The molecule has 1 atom stereocenters. The molecule has 0 bridgehead atoms. The molecule has 20 heavy (non-hydrogen) atoms. The number of nitrogens with zero attached hydrogens (tertiary/aromatic N) is 1. The standard InChI is InChI=1S/C14H19N3O3/c1-10-2-3-12(20-10)13-11(7-16-17-13)6-15-8-14(18)4-5-19-9-14/h2-3,7,15,18H,4-6,8-9H2,1H3,(H,16,17)/t14-/m0/s1. The molecule has 6 nitrogen and oxygen atoms in total.